The van der Waals surface area contributed by atoms with Crippen molar-refractivity contribution in [3.63, 3.8) is 0 Å². The molecule has 0 bridgehead atoms. The second kappa shape index (κ2) is 5.63. The van der Waals surface area contributed by atoms with Gasteiger partial charge in [0.25, 0.3) is 0 Å². The lowest BCUT2D eigenvalue weighted by Crippen LogP contribution is -2.02. The summed E-state index contributed by atoms with van der Waals surface area (Å²) in [5.74, 6) is -0.430. The molecule has 2 rings (SSSR count). The van der Waals surface area contributed by atoms with E-state index in [1.54, 1.807) is 29.2 Å². The number of rotatable bonds is 4. The van der Waals surface area contributed by atoms with Crippen LogP contribution in [0, 0.1) is 5.82 Å². The smallest absolute Gasteiger partial charge is 0.130 e. The van der Waals surface area contributed by atoms with Gasteiger partial charge in [-0.15, -0.1) is 0 Å². The van der Waals surface area contributed by atoms with Crippen molar-refractivity contribution in [1.29, 1.82) is 0 Å². The zero-order valence-electron chi connectivity index (χ0n) is 9.98. The summed E-state index contributed by atoms with van der Waals surface area (Å²) in [5.41, 5.74) is 0.860. The highest BCUT2D eigenvalue weighted by atomic mass is 79.9. The molecule has 0 aliphatic carbocycles. The van der Waals surface area contributed by atoms with Crippen LogP contribution in [0.1, 0.15) is 30.6 Å². The average Bonchev–Trinajstić information content (AvgIpc) is 2.77. The second-order valence-corrected chi connectivity index (χ2v) is 5.02. The summed E-state index contributed by atoms with van der Waals surface area (Å²) in [7, 11) is 0. The van der Waals surface area contributed by atoms with E-state index in [0.717, 1.165) is 13.0 Å². The van der Waals surface area contributed by atoms with Crippen molar-refractivity contribution < 1.29 is 9.50 Å². The van der Waals surface area contributed by atoms with Crippen LogP contribution in [0.2, 0.25) is 0 Å². The number of aliphatic hydroxyl groups is 1. The van der Waals surface area contributed by atoms with Crippen LogP contribution in [0.15, 0.2) is 35.1 Å². The molecule has 2 aromatic rings. The average molecular weight is 313 g/mol. The minimum atomic E-state index is -0.983. The van der Waals surface area contributed by atoms with E-state index in [-0.39, 0.29) is 5.56 Å². The first-order chi connectivity index (χ1) is 8.61. The Kier molecular flexibility index (Phi) is 4.14. The van der Waals surface area contributed by atoms with Crippen molar-refractivity contribution in [2.24, 2.45) is 0 Å². The predicted molar refractivity (Wildman–Crippen MR) is 70.7 cm³/mol. The SMILES string of the molecule is CCCn1cc(C(O)c2ccc(Br)cc2F)cn1. The molecule has 0 amide bonds. The summed E-state index contributed by atoms with van der Waals surface area (Å²) in [6.45, 7) is 2.84. The highest BCUT2D eigenvalue weighted by Crippen LogP contribution is 2.26. The molecule has 3 nitrogen and oxygen atoms in total. The van der Waals surface area contributed by atoms with Crippen molar-refractivity contribution in [3.8, 4) is 0 Å². The van der Waals surface area contributed by atoms with Gasteiger partial charge in [-0.05, 0) is 18.6 Å². The van der Waals surface area contributed by atoms with Crippen LogP contribution < -0.4 is 0 Å². The minimum Gasteiger partial charge on any atom is -0.383 e. The van der Waals surface area contributed by atoms with E-state index >= 15 is 0 Å². The summed E-state index contributed by atoms with van der Waals surface area (Å²) < 4.78 is 16.1. The zero-order chi connectivity index (χ0) is 13.1. The van der Waals surface area contributed by atoms with Crippen molar-refractivity contribution in [3.05, 3.63) is 52.0 Å². The van der Waals surface area contributed by atoms with Gasteiger partial charge in [0.15, 0.2) is 0 Å². The second-order valence-electron chi connectivity index (χ2n) is 4.11. The standard InChI is InChI=1S/C13H14BrFN2O/c1-2-5-17-8-9(7-16-17)13(18)11-4-3-10(14)6-12(11)15/h3-4,6-8,13,18H,2,5H2,1H3. The number of aryl methyl sites for hydroxylation is 1. The van der Waals surface area contributed by atoms with Gasteiger partial charge in [-0.25, -0.2) is 4.39 Å². The molecule has 1 unspecified atom stereocenters. The number of benzene rings is 1. The molecule has 1 atom stereocenters. The third-order valence-electron chi connectivity index (χ3n) is 2.68. The topological polar surface area (TPSA) is 38.0 Å². The fourth-order valence-electron chi connectivity index (χ4n) is 1.77. The molecule has 0 aliphatic heterocycles. The van der Waals surface area contributed by atoms with E-state index in [4.69, 9.17) is 0 Å². The Balaban J connectivity index is 2.26. The van der Waals surface area contributed by atoms with Gasteiger partial charge < -0.3 is 5.11 Å². The van der Waals surface area contributed by atoms with Crippen LogP contribution in [-0.4, -0.2) is 14.9 Å². The molecular weight excluding hydrogens is 299 g/mol. The molecule has 1 heterocycles. The molecule has 1 aromatic heterocycles. The van der Waals surface area contributed by atoms with Crippen LogP contribution in [0.4, 0.5) is 4.39 Å². The molecular formula is C13H14BrFN2O. The molecule has 0 radical (unpaired) electrons. The molecule has 1 N–H and O–H groups in total. The first-order valence-corrected chi connectivity index (χ1v) is 6.56. The number of nitrogens with zero attached hydrogens (tertiary/aromatic N) is 2. The lowest BCUT2D eigenvalue weighted by Gasteiger charge is -2.10. The first-order valence-electron chi connectivity index (χ1n) is 5.77. The number of aliphatic hydroxyl groups excluding tert-OH is 1. The normalized spacial score (nSPS) is 12.7. The molecule has 1 aromatic carbocycles. The van der Waals surface area contributed by atoms with E-state index in [0.29, 0.717) is 10.0 Å². The maximum absolute atomic E-state index is 13.7. The van der Waals surface area contributed by atoms with Gasteiger partial charge in [0, 0.05) is 28.3 Å². The van der Waals surface area contributed by atoms with Gasteiger partial charge in [0.05, 0.1) is 6.20 Å². The Hall–Kier alpha value is -1.20. The lowest BCUT2D eigenvalue weighted by molar-refractivity contribution is 0.215. The number of hydrogen-bond donors (Lipinski definition) is 1. The first kappa shape index (κ1) is 13.2. The van der Waals surface area contributed by atoms with Crippen LogP contribution in [0.5, 0.6) is 0 Å². The molecule has 0 fully saturated rings. The van der Waals surface area contributed by atoms with Gasteiger partial charge in [-0.1, -0.05) is 28.9 Å². The monoisotopic (exact) mass is 312 g/mol. The fraction of sp³-hybridized carbons (Fsp3) is 0.308. The summed E-state index contributed by atoms with van der Waals surface area (Å²) in [6.07, 6.45) is 3.30. The van der Waals surface area contributed by atoms with Crippen LogP contribution in [0.25, 0.3) is 0 Å². The van der Waals surface area contributed by atoms with Crippen LogP contribution in [-0.2, 0) is 6.54 Å². The Morgan fingerprint density at radius 1 is 1.50 bits per heavy atom. The molecule has 0 saturated carbocycles. The third-order valence-corrected chi connectivity index (χ3v) is 3.17. The van der Waals surface area contributed by atoms with Gasteiger partial charge in [0.2, 0.25) is 0 Å². The third kappa shape index (κ3) is 2.79. The Morgan fingerprint density at radius 3 is 2.94 bits per heavy atom. The summed E-state index contributed by atoms with van der Waals surface area (Å²) in [4.78, 5) is 0. The summed E-state index contributed by atoms with van der Waals surface area (Å²) in [6, 6.07) is 4.62. The predicted octanol–water partition coefficient (Wildman–Crippen LogP) is 3.28. The highest BCUT2D eigenvalue weighted by Gasteiger charge is 2.16. The molecule has 5 heteroatoms. The molecule has 0 aliphatic rings. The van der Waals surface area contributed by atoms with Crippen LogP contribution in [0.3, 0.4) is 0 Å². The zero-order valence-corrected chi connectivity index (χ0v) is 11.6. The maximum atomic E-state index is 13.7. The summed E-state index contributed by atoms with van der Waals surface area (Å²) in [5, 5.41) is 14.3. The number of halogens is 2. The van der Waals surface area contributed by atoms with Gasteiger partial charge in [0.1, 0.15) is 11.9 Å². The van der Waals surface area contributed by atoms with E-state index in [2.05, 4.69) is 21.0 Å². The quantitative estimate of drug-likeness (QED) is 0.941. The summed E-state index contributed by atoms with van der Waals surface area (Å²) >= 11 is 3.19. The van der Waals surface area contributed by atoms with Gasteiger partial charge >= 0.3 is 0 Å². The minimum absolute atomic E-state index is 0.259. The van der Waals surface area contributed by atoms with E-state index in [9.17, 15) is 9.50 Å². The Labute approximate surface area is 113 Å². The molecule has 18 heavy (non-hydrogen) atoms. The van der Waals surface area contributed by atoms with Crippen molar-refractivity contribution in [2.75, 3.05) is 0 Å². The maximum Gasteiger partial charge on any atom is 0.130 e. The van der Waals surface area contributed by atoms with E-state index < -0.39 is 11.9 Å². The Morgan fingerprint density at radius 2 is 2.28 bits per heavy atom. The van der Waals surface area contributed by atoms with Gasteiger partial charge in [-0.2, -0.15) is 5.10 Å². The number of hydrogen-bond acceptors (Lipinski definition) is 2. The van der Waals surface area contributed by atoms with Crippen LogP contribution >= 0.6 is 15.9 Å². The molecule has 0 saturated heterocycles. The van der Waals surface area contributed by atoms with E-state index in [1.165, 1.54) is 6.07 Å². The molecule has 96 valence electrons. The Bertz CT molecular complexity index is 542. The fourth-order valence-corrected chi connectivity index (χ4v) is 2.11. The molecule has 0 spiro atoms. The highest BCUT2D eigenvalue weighted by molar-refractivity contribution is 9.10. The largest absolute Gasteiger partial charge is 0.383 e. The van der Waals surface area contributed by atoms with Crippen molar-refractivity contribution in [2.45, 2.75) is 26.0 Å². The number of aromatic nitrogens is 2. The van der Waals surface area contributed by atoms with Crippen molar-refractivity contribution in [1.82, 2.24) is 9.78 Å². The van der Waals surface area contributed by atoms with Crippen molar-refractivity contribution >= 4 is 15.9 Å². The lowest BCUT2D eigenvalue weighted by atomic mass is 10.0. The van der Waals surface area contributed by atoms with Gasteiger partial charge in [-0.3, -0.25) is 4.68 Å². The van der Waals surface area contributed by atoms with E-state index in [1.807, 2.05) is 6.92 Å².